The van der Waals surface area contributed by atoms with Crippen LogP contribution in [0, 0.1) is 0 Å². The van der Waals surface area contributed by atoms with Crippen LogP contribution < -0.4 is 0 Å². The van der Waals surface area contributed by atoms with E-state index < -0.39 is 0 Å². The molecule has 0 saturated heterocycles. The van der Waals surface area contributed by atoms with Gasteiger partial charge < -0.3 is 13.7 Å². The van der Waals surface area contributed by atoms with E-state index in [1.54, 1.807) is 0 Å². The first-order chi connectivity index (χ1) is 23.4. The molecule has 0 radical (unpaired) electrons. The summed E-state index contributed by atoms with van der Waals surface area (Å²) >= 11 is 0. The smallest absolute Gasteiger partial charge is 0.0548 e. The number of fused-ring (bicyclic) bond motifs is 6. The van der Waals surface area contributed by atoms with Crippen molar-refractivity contribution in [1.82, 2.24) is 13.7 Å². The van der Waals surface area contributed by atoms with Gasteiger partial charge in [0, 0.05) is 48.8 Å². The zero-order chi connectivity index (χ0) is 30.6. The van der Waals surface area contributed by atoms with Gasteiger partial charge >= 0.3 is 0 Å². The summed E-state index contributed by atoms with van der Waals surface area (Å²) in [5, 5.41) is 10.2. The van der Waals surface area contributed by atoms with Gasteiger partial charge in [-0.15, -0.1) is 0 Å². The molecule has 0 N–H and O–H groups in total. The molecule has 0 bridgehead atoms. The molecule has 11 aromatic rings. The lowest BCUT2D eigenvalue weighted by Gasteiger charge is -2.15. The SMILES string of the molecule is c1ccc(-n2c3ccc(-n4c5ccccc5c5ccccc54)c4ccc5c(-n6c7ccccc7c7ccccc76)ccc2c5c43)cc1. The second-order valence-electron chi connectivity index (χ2n) is 12.5. The summed E-state index contributed by atoms with van der Waals surface area (Å²) in [4.78, 5) is 0. The predicted octanol–water partition coefficient (Wildman–Crippen LogP) is 11.6. The standard InChI is InChI=1S/C44H27N3/c1-2-12-28(13-3-1)45-41-26-24-39(46-35-18-8-4-14-29(35)30-15-5-9-19-36(30)46)33-22-23-34-40(25-27-42(45)44(34)43(33)41)47-37-20-10-6-16-31(37)32-17-7-11-21-38(32)47/h1-27H. The normalized spacial score (nSPS) is 12.3. The first-order valence-electron chi connectivity index (χ1n) is 16.2. The molecule has 0 saturated carbocycles. The summed E-state index contributed by atoms with van der Waals surface area (Å²) in [6.07, 6.45) is 0. The number of rotatable bonds is 3. The molecule has 8 aromatic carbocycles. The fraction of sp³-hybridized carbons (Fsp3) is 0. The highest BCUT2D eigenvalue weighted by Gasteiger charge is 2.23. The fourth-order valence-corrected chi connectivity index (χ4v) is 8.34. The van der Waals surface area contributed by atoms with Crippen LogP contribution in [-0.4, -0.2) is 13.7 Å². The zero-order valence-corrected chi connectivity index (χ0v) is 25.4. The maximum atomic E-state index is 2.46. The number of benzene rings is 8. The molecule has 3 heterocycles. The third kappa shape index (κ3) is 3.20. The van der Waals surface area contributed by atoms with E-state index in [2.05, 4.69) is 177 Å². The summed E-state index contributed by atoms with van der Waals surface area (Å²) in [5.74, 6) is 0. The highest BCUT2D eigenvalue weighted by molar-refractivity contribution is 6.28. The van der Waals surface area contributed by atoms with Crippen LogP contribution in [0.25, 0.3) is 93.3 Å². The summed E-state index contributed by atoms with van der Waals surface area (Å²) < 4.78 is 7.35. The monoisotopic (exact) mass is 597 g/mol. The number of para-hydroxylation sites is 5. The highest BCUT2D eigenvalue weighted by Crippen LogP contribution is 2.45. The Morgan fingerprint density at radius 3 is 1.00 bits per heavy atom. The third-order valence-corrected chi connectivity index (χ3v) is 10.2. The van der Waals surface area contributed by atoms with E-state index >= 15 is 0 Å². The van der Waals surface area contributed by atoms with Gasteiger partial charge in [0.05, 0.1) is 44.5 Å². The van der Waals surface area contributed by atoms with Crippen molar-refractivity contribution in [3.05, 3.63) is 164 Å². The molecule has 3 heteroatoms. The number of hydrogen-bond donors (Lipinski definition) is 0. The molecular weight excluding hydrogens is 571 g/mol. The minimum Gasteiger partial charge on any atom is -0.309 e. The predicted molar refractivity (Wildman–Crippen MR) is 198 cm³/mol. The third-order valence-electron chi connectivity index (χ3n) is 10.2. The van der Waals surface area contributed by atoms with E-state index in [-0.39, 0.29) is 0 Å². The molecule has 47 heavy (non-hydrogen) atoms. The maximum absolute atomic E-state index is 2.46. The fourth-order valence-electron chi connectivity index (χ4n) is 8.34. The second kappa shape index (κ2) is 9.12. The van der Waals surface area contributed by atoms with Crippen LogP contribution in [0.3, 0.4) is 0 Å². The van der Waals surface area contributed by atoms with E-state index in [1.165, 1.54) is 93.3 Å². The van der Waals surface area contributed by atoms with Crippen LogP contribution in [0.4, 0.5) is 0 Å². The van der Waals surface area contributed by atoms with Crippen molar-refractivity contribution in [3.8, 4) is 17.1 Å². The molecule has 0 fully saturated rings. The van der Waals surface area contributed by atoms with E-state index in [0.717, 1.165) is 0 Å². The minimum absolute atomic E-state index is 1.17. The molecule has 0 atom stereocenters. The Labute approximate surface area is 270 Å². The number of hydrogen-bond acceptors (Lipinski definition) is 0. The van der Waals surface area contributed by atoms with Gasteiger partial charge in [-0.2, -0.15) is 0 Å². The Morgan fingerprint density at radius 2 is 0.596 bits per heavy atom. The van der Waals surface area contributed by atoms with Gasteiger partial charge in [-0.3, -0.25) is 0 Å². The second-order valence-corrected chi connectivity index (χ2v) is 12.5. The Balaban J connectivity index is 1.31. The molecule has 0 amide bonds. The zero-order valence-electron chi connectivity index (χ0n) is 25.4. The van der Waals surface area contributed by atoms with Gasteiger partial charge in [-0.25, -0.2) is 0 Å². The summed E-state index contributed by atoms with van der Waals surface area (Å²) in [6.45, 7) is 0. The quantitative estimate of drug-likeness (QED) is 0.180. The van der Waals surface area contributed by atoms with Crippen LogP contribution in [0.15, 0.2) is 164 Å². The lowest BCUT2D eigenvalue weighted by molar-refractivity contribution is 1.17. The van der Waals surface area contributed by atoms with Gasteiger partial charge in [0.25, 0.3) is 0 Å². The van der Waals surface area contributed by atoms with E-state index in [9.17, 15) is 0 Å². The minimum atomic E-state index is 1.17. The van der Waals surface area contributed by atoms with Crippen LogP contribution in [0.1, 0.15) is 0 Å². The summed E-state index contributed by atoms with van der Waals surface area (Å²) in [7, 11) is 0. The molecule has 11 rings (SSSR count). The topological polar surface area (TPSA) is 14.8 Å². The average Bonchev–Trinajstić information content (AvgIpc) is 3.78. The summed E-state index contributed by atoms with van der Waals surface area (Å²) in [6, 6.07) is 59.9. The number of aromatic nitrogens is 3. The van der Waals surface area contributed by atoms with Crippen molar-refractivity contribution in [3.63, 3.8) is 0 Å². The Bertz CT molecular complexity index is 2720. The molecule has 3 aromatic heterocycles. The Hall–Kier alpha value is -6.32. The first-order valence-corrected chi connectivity index (χ1v) is 16.2. The van der Waals surface area contributed by atoms with Gasteiger partial charge in [-0.05, 0) is 60.7 Å². The Kier molecular flexibility index (Phi) is 4.84. The molecule has 218 valence electrons. The largest absolute Gasteiger partial charge is 0.309 e. The van der Waals surface area contributed by atoms with Gasteiger partial charge in [-0.1, -0.05) is 103 Å². The van der Waals surface area contributed by atoms with Gasteiger partial charge in [0.15, 0.2) is 0 Å². The van der Waals surface area contributed by atoms with Gasteiger partial charge in [0.1, 0.15) is 0 Å². The van der Waals surface area contributed by atoms with Crippen molar-refractivity contribution in [1.29, 1.82) is 0 Å². The molecule has 0 unspecified atom stereocenters. The lowest BCUT2D eigenvalue weighted by atomic mass is 9.99. The van der Waals surface area contributed by atoms with Crippen molar-refractivity contribution in [2.75, 3.05) is 0 Å². The van der Waals surface area contributed by atoms with Crippen molar-refractivity contribution in [2.24, 2.45) is 0 Å². The van der Waals surface area contributed by atoms with Crippen molar-refractivity contribution < 1.29 is 0 Å². The average molecular weight is 598 g/mol. The maximum Gasteiger partial charge on any atom is 0.0548 e. The molecular formula is C44H27N3. The first kappa shape index (κ1) is 24.9. The molecule has 3 nitrogen and oxygen atoms in total. The molecule has 0 spiro atoms. The van der Waals surface area contributed by atoms with Gasteiger partial charge in [0.2, 0.25) is 0 Å². The lowest BCUT2D eigenvalue weighted by Crippen LogP contribution is -1.97. The van der Waals surface area contributed by atoms with Crippen LogP contribution >= 0.6 is 0 Å². The van der Waals surface area contributed by atoms with Crippen LogP contribution in [0.5, 0.6) is 0 Å². The molecule has 0 aliphatic rings. The van der Waals surface area contributed by atoms with Crippen molar-refractivity contribution in [2.45, 2.75) is 0 Å². The van der Waals surface area contributed by atoms with Crippen LogP contribution in [-0.2, 0) is 0 Å². The summed E-state index contributed by atoms with van der Waals surface area (Å²) in [5.41, 5.74) is 10.9. The van der Waals surface area contributed by atoms with Crippen molar-refractivity contribution >= 4 is 76.2 Å². The molecule has 0 aliphatic heterocycles. The van der Waals surface area contributed by atoms with E-state index in [1.807, 2.05) is 0 Å². The van der Waals surface area contributed by atoms with Crippen LogP contribution in [0.2, 0.25) is 0 Å². The number of nitrogens with zero attached hydrogens (tertiary/aromatic N) is 3. The van der Waals surface area contributed by atoms with E-state index in [4.69, 9.17) is 0 Å². The van der Waals surface area contributed by atoms with E-state index in [0.29, 0.717) is 0 Å². The Morgan fingerprint density at radius 1 is 0.234 bits per heavy atom. The highest BCUT2D eigenvalue weighted by atomic mass is 15.0. The molecule has 0 aliphatic carbocycles.